The van der Waals surface area contributed by atoms with Gasteiger partial charge in [0.2, 0.25) is 11.8 Å². The van der Waals surface area contributed by atoms with Crippen molar-refractivity contribution in [1.29, 1.82) is 0 Å². The fourth-order valence-electron chi connectivity index (χ4n) is 3.50. The third-order valence-electron chi connectivity index (χ3n) is 5.13. The van der Waals surface area contributed by atoms with Gasteiger partial charge in [-0.25, -0.2) is 4.98 Å². The van der Waals surface area contributed by atoms with E-state index in [0.717, 1.165) is 32.1 Å². The Balaban J connectivity index is 1.22. The molecular weight excluding hydrogens is 497 g/mol. The monoisotopic (exact) mass is 514 g/mol. The van der Waals surface area contributed by atoms with E-state index >= 15 is 0 Å². The number of para-hydroxylation sites is 2. The normalized spacial score (nSPS) is 11.3. The molecule has 0 aliphatic rings. The van der Waals surface area contributed by atoms with Crippen LogP contribution in [0.5, 0.6) is 0 Å². The first-order valence-electron chi connectivity index (χ1n) is 10.8. The van der Waals surface area contributed by atoms with Gasteiger partial charge in [-0.15, -0.1) is 31.7 Å². The topological polar surface area (TPSA) is 82.5 Å². The molecule has 3 aromatic carbocycles. The summed E-state index contributed by atoms with van der Waals surface area (Å²) < 4.78 is 10.2. The molecule has 0 aliphatic heterocycles. The molecule has 0 saturated heterocycles. The van der Waals surface area contributed by atoms with E-state index < -0.39 is 0 Å². The van der Waals surface area contributed by atoms with Crippen LogP contribution < -0.4 is 0 Å². The summed E-state index contributed by atoms with van der Waals surface area (Å²) >= 11 is 4.89. The molecule has 0 radical (unpaired) electrons. The van der Waals surface area contributed by atoms with Crippen molar-refractivity contribution in [3.05, 3.63) is 96.6 Å². The molecule has 172 valence electrons. The van der Waals surface area contributed by atoms with Crippen LogP contribution in [0.15, 0.2) is 98.8 Å². The molecular formula is C25H18N6OS3. The van der Waals surface area contributed by atoms with Crippen molar-refractivity contribution in [2.75, 3.05) is 0 Å². The smallest absolute Gasteiger partial charge is 0.247 e. The highest BCUT2D eigenvalue weighted by molar-refractivity contribution is 8.00. The van der Waals surface area contributed by atoms with Crippen molar-refractivity contribution >= 4 is 45.1 Å². The van der Waals surface area contributed by atoms with Crippen LogP contribution in [-0.4, -0.2) is 29.9 Å². The second-order valence-corrected chi connectivity index (χ2v) is 10.7. The number of hydrogen-bond acceptors (Lipinski definition) is 9. The van der Waals surface area contributed by atoms with E-state index in [9.17, 15) is 0 Å². The molecule has 7 nitrogen and oxygen atoms in total. The van der Waals surface area contributed by atoms with Gasteiger partial charge in [-0.3, -0.25) is 4.57 Å². The zero-order valence-corrected chi connectivity index (χ0v) is 20.8. The second kappa shape index (κ2) is 10.0. The molecule has 0 bridgehead atoms. The molecule has 6 aromatic rings. The molecule has 0 spiro atoms. The first-order valence-corrected chi connectivity index (χ1v) is 13.6. The van der Waals surface area contributed by atoms with Gasteiger partial charge >= 0.3 is 0 Å². The quantitative estimate of drug-likeness (QED) is 0.213. The summed E-state index contributed by atoms with van der Waals surface area (Å²) in [5.74, 6) is 3.07. The Morgan fingerprint density at radius 1 is 0.743 bits per heavy atom. The van der Waals surface area contributed by atoms with Crippen molar-refractivity contribution in [2.45, 2.75) is 21.0 Å². The molecule has 0 unspecified atom stereocenters. The maximum absolute atomic E-state index is 5.87. The standard InChI is InChI=1S/C25H18N6OS3/c1-3-9-17(10-4-1)23-29-28-22(32-23)16-33-24-30-27-21(31(24)18-11-5-2-6-12-18)15-34-25-26-19-13-7-8-14-20(19)35-25/h1-14H,15-16H2. The molecule has 0 atom stereocenters. The predicted octanol–water partition coefficient (Wildman–Crippen LogP) is 6.51. The minimum atomic E-state index is 0.496. The van der Waals surface area contributed by atoms with Crippen LogP contribution in [0.25, 0.3) is 27.4 Å². The molecule has 0 N–H and O–H groups in total. The second-order valence-electron chi connectivity index (χ2n) is 7.46. The lowest BCUT2D eigenvalue weighted by atomic mass is 10.2. The summed E-state index contributed by atoms with van der Waals surface area (Å²) in [6.07, 6.45) is 0. The molecule has 3 heterocycles. The summed E-state index contributed by atoms with van der Waals surface area (Å²) in [7, 11) is 0. The maximum Gasteiger partial charge on any atom is 0.247 e. The molecule has 3 aromatic heterocycles. The Hall–Kier alpha value is -3.47. The van der Waals surface area contributed by atoms with Crippen molar-refractivity contribution in [3.8, 4) is 17.1 Å². The SMILES string of the molecule is c1ccc(-c2nnc(CSc3nnc(CSc4nc5ccccc5s4)n3-c3ccccc3)o2)cc1. The van der Waals surface area contributed by atoms with E-state index in [1.54, 1.807) is 23.1 Å². The highest BCUT2D eigenvalue weighted by Gasteiger charge is 2.17. The summed E-state index contributed by atoms with van der Waals surface area (Å²) in [4.78, 5) is 4.73. The number of hydrogen-bond donors (Lipinski definition) is 0. The molecule has 10 heteroatoms. The van der Waals surface area contributed by atoms with E-state index in [4.69, 9.17) is 9.40 Å². The Morgan fingerprint density at radius 2 is 1.51 bits per heavy atom. The van der Waals surface area contributed by atoms with E-state index in [0.29, 0.717) is 23.3 Å². The number of thiazole rings is 1. The van der Waals surface area contributed by atoms with Gasteiger partial charge in [0.15, 0.2) is 9.50 Å². The summed E-state index contributed by atoms with van der Waals surface area (Å²) in [5, 5.41) is 18.2. The Labute approximate surface area is 213 Å². The zero-order valence-electron chi connectivity index (χ0n) is 18.3. The van der Waals surface area contributed by atoms with Crippen LogP contribution in [0.3, 0.4) is 0 Å². The number of fused-ring (bicyclic) bond motifs is 1. The fraction of sp³-hybridized carbons (Fsp3) is 0.0800. The Morgan fingerprint density at radius 3 is 2.34 bits per heavy atom. The number of rotatable bonds is 8. The van der Waals surface area contributed by atoms with Crippen LogP contribution in [-0.2, 0) is 11.5 Å². The lowest BCUT2D eigenvalue weighted by Crippen LogP contribution is -2.01. The van der Waals surface area contributed by atoms with E-state index in [1.165, 1.54) is 16.5 Å². The van der Waals surface area contributed by atoms with Crippen LogP contribution >= 0.6 is 34.9 Å². The van der Waals surface area contributed by atoms with Crippen molar-refractivity contribution in [3.63, 3.8) is 0 Å². The molecule has 6 rings (SSSR count). The molecule has 35 heavy (non-hydrogen) atoms. The highest BCUT2D eigenvalue weighted by atomic mass is 32.2. The summed E-state index contributed by atoms with van der Waals surface area (Å²) in [6.45, 7) is 0. The van der Waals surface area contributed by atoms with Gasteiger partial charge in [-0.1, -0.05) is 72.1 Å². The first-order chi connectivity index (χ1) is 17.3. The van der Waals surface area contributed by atoms with Gasteiger partial charge in [0.05, 0.1) is 21.7 Å². The maximum atomic E-state index is 5.87. The van der Waals surface area contributed by atoms with E-state index in [1.807, 2.05) is 66.7 Å². The van der Waals surface area contributed by atoms with Gasteiger partial charge in [0, 0.05) is 11.3 Å². The lowest BCUT2D eigenvalue weighted by Gasteiger charge is -2.09. The van der Waals surface area contributed by atoms with Crippen molar-refractivity contribution in [1.82, 2.24) is 29.9 Å². The van der Waals surface area contributed by atoms with Gasteiger partial charge in [-0.2, -0.15) is 0 Å². The molecule has 0 saturated carbocycles. The largest absolute Gasteiger partial charge is 0.420 e. The zero-order chi connectivity index (χ0) is 23.5. The van der Waals surface area contributed by atoms with Crippen LogP contribution in [0.2, 0.25) is 0 Å². The Bertz CT molecular complexity index is 1530. The van der Waals surface area contributed by atoms with E-state index in [2.05, 4.69) is 43.2 Å². The predicted molar refractivity (Wildman–Crippen MR) is 140 cm³/mol. The fourth-order valence-corrected chi connectivity index (χ4v) is 6.29. The third-order valence-corrected chi connectivity index (χ3v) is 8.22. The van der Waals surface area contributed by atoms with Gasteiger partial charge in [0.25, 0.3) is 0 Å². The highest BCUT2D eigenvalue weighted by Crippen LogP contribution is 2.33. The molecule has 0 fully saturated rings. The van der Waals surface area contributed by atoms with Crippen LogP contribution in [0.4, 0.5) is 0 Å². The van der Waals surface area contributed by atoms with Crippen molar-refractivity contribution in [2.24, 2.45) is 0 Å². The minimum absolute atomic E-state index is 0.496. The third kappa shape index (κ3) is 4.86. The summed E-state index contributed by atoms with van der Waals surface area (Å²) in [5.41, 5.74) is 2.93. The average molecular weight is 515 g/mol. The Kier molecular flexibility index (Phi) is 6.31. The average Bonchev–Trinajstić information content (AvgIpc) is 3.65. The van der Waals surface area contributed by atoms with Gasteiger partial charge < -0.3 is 4.42 Å². The first kappa shape index (κ1) is 22.0. The minimum Gasteiger partial charge on any atom is -0.420 e. The number of aromatic nitrogens is 6. The number of benzene rings is 3. The number of nitrogens with zero attached hydrogens (tertiary/aromatic N) is 6. The molecule has 0 amide bonds. The van der Waals surface area contributed by atoms with Crippen LogP contribution in [0, 0.1) is 0 Å². The van der Waals surface area contributed by atoms with Gasteiger partial charge in [0.1, 0.15) is 5.82 Å². The number of thioether (sulfide) groups is 2. The summed E-state index contributed by atoms with van der Waals surface area (Å²) in [6, 6.07) is 28.1. The lowest BCUT2D eigenvalue weighted by molar-refractivity contribution is 0.528. The molecule has 0 aliphatic carbocycles. The van der Waals surface area contributed by atoms with E-state index in [-0.39, 0.29) is 0 Å². The van der Waals surface area contributed by atoms with Crippen LogP contribution in [0.1, 0.15) is 11.7 Å². The van der Waals surface area contributed by atoms with Crippen molar-refractivity contribution < 1.29 is 4.42 Å². The van der Waals surface area contributed by atoms with Gasteiger partial charge in [-0.05, 0) is 36.4 Å².